The Morgan fingerprint density at radius 3 is 2.56 bits per heavy atom. The third-order valence-corrected chi connectivity index (χ3v) is 2.14. The highest BCUT2D eigenvalue weighted by molar-refractivity contribution is 5.83. The van der Waals surface area contributed by atoms with Gasteiger partial charge in [-0.3, -0.25) is 14.3 Å². The first-order chi connectivity index (χ1) is 8.49. The SMILES string of the molecule is O=C(O)CC[C@H](NC(=O)Cn1cccn1)C(=O)O. The maximum absolute atomic E-state index is 11.5. The van der Waals surface area contributed by atoms with Crippen LogP contribution in [0.15, 0.2) is 18.5 Å². The van der Waals surface area contributed by atoms with Gasteiger partial charge in [0, 0.05) is 18.8 Å². The van der Waals surface area contributed by atoms with Gasteiger partial charge in [-0.1, -0.05) is 0 Å². The van der Waals surface area contributed by atoms with Crippen LogP contribution in [0.4, 0.5) is 0 Å². The first-order valence-corrected chi connectivity index (χ1v) is 5.20. The molecule has 1 amide bonds. The van der Waals surface area contributed by atoms with Crippen molar-refractivity contribution in [2.45, 2.75) is 25.4 Å². The normalized spacial score (nSPS) is 11.8. The van der Waals surface area contributed by atoms with Crippen molar-refractivity contribution in [1.82, 2.24) is 15.1 Å². The summed E-state index contributed by atoms with van der Waals surface area (Å²) in [4.78, 5) is 32.7. The number of carbonyl (C=O) groups is 3. The fourth-order valence-corrected chi connectivity index (χ4v) is 1.31. The van der Waals surface area contributed by atoms with E-state index in [4.69, 9.17) is 10.2 Å². The van der Waals surface area contributed by atoms with Gasteiger partial charge < -0.3 is 15.5 Å². The summed E-state index contributed by atoms with van der Waals surface area (Å²) in [6.07, 6.45) is 2.58. The van der Waals surface area contributed by atoms with Crippen molar-refractivity contribution < 1.29 is 24.6 Å². The molecular formula is C10H13N3O5. The van der Waals surface area contributed by atoms with Crippen LogP contribution >= 0.6 is 0 Å². The fraction of sp³-hybridized carbons (Fsp3) is 0.400. The van der Waals surface area contributed by atoms with Crippen molar-refractivity contribution in [2.24, 2.45) is 0 Å². The van der Waals surface area contributed by atoms with Crippen LogP contribution in [0, 0.1) is 0 Å². The number of carboxylic acids is 2. The monoisotopic (exact) mass is 255 g/mol. The molecule has 0 spiro atoms. The van der Waals surface area contributed by atoms with E-state index in [9.17, 15) is 14.4 Å². The second-order valence-electron chi connectivity index (χ2n) is 3.59. The molecule has 1 atom stereocenters. The highest BCUT2D eigenvalue weighted by Crippen LogP contribution is 1.98. The zero-order chi connectivity index (χ0) is 13.5. The smallest absolute Gasteiger partial charge is 0.326 e. The van der Waals surface area contributed by atoms with Gasteiger partial charge in [0.25, 0.3) is 0 Å². The number of rotatable bonds is 7. The lowest BCUT2D eigenvalue weighted by Gasteiger charge is -2.13. The van der Waals surface area contributed by atoms with Gasteiger partial charge in [-0.15, -0.1) is 0 Å². The van der Waals surface area contributed by atoms with Gasteiger partial charge in [0.1, 0.15) is 12.6 Å². The van der Waals surface area contributed by atoms with Crippen LogP contribution in [0.3, 0.4) is 0 Å². The third-order valence-electron chi connectivity index (χ3n) is 2.14. The van der Waals surface area contributed by atoms with E-state index in [1.807, 2.05) is 0 Å². The van der Waals surface area contributed by atoms with Crippen molar-refractivity contribution in [3.63, 3.8) is 0 Å². The van der Waals surface area contributed by atoms with Gasteiger partial charge in [-0.25, -0.2) is 4.79 Å². The van der Waals surface area contributed by atoms with E-state index in [1.165, 1.54) is 10.9 Å². The maximum atomic E-state index is 11.5. The molecular weight excluding hydrogens is 242 g/mol. The Morgan fingerprint density at radius 1 is 1.33 bits per heavy atom. The molecule has 8 nitrogen and oxygen atoms in total. The van der Waals surface area contributed by atoms with Crippen LogP contribution in [-0.4, -0.2) is 43.9 Å². The fourth-order valence-electron chi connectivity index (χ4n) is 1.31. The van der Waals surface area contributed by atoms with Crippen molar-refractivity contribution in [1.29, 1.82) is 0 Å². The Hall–Kier alpha value is -2.38. The van der Waals surface area contributed by atoms with E-state index < -0.39 is 23.9 Å². The van der Waals surface area contributed by atoms with Gasteiger partial charge in [0.05, 0.1) is 0 Å². The van der Waals surface area contributed by atoms with Crippen LogP contribution in [0.2, 0.25) is 0 Å². The van der Waals surface area contributed by atoms with Crippen molar-refractivity contribution in [3.05, 3.63) is 18.5 Å². The Kier molecular flexibility index (Phi) is 4.85. The molecule has 0 saturated heterocycles. The highest BCUT2D eigenvalue weighted by Gasteiger charge is 2.20. The van der Waals surface area contributed by atoms with E-state index in [0.29, 0.717) is 0 Å². The number of aromatic nitrogens is 2. The first kappa shape index (κ1) is 13.7. The lowest BCUT2D eigenvalue weighted by molar-refractivity contribution is -0.143. The minimum Gasteiger partial charge on any atom is -0.481 e. The summed E-state index contributed by atoms with van der Waals surface area (Å²) in [6.45, 7) is -0.107. The van der Waals surface area contributed by atoms with E-state index in [2.05, 4.69) is 10.4 Å². The number of carbonyl (C=O) groups excluding carboxylic acids is 1. The molecule has 3 N–H and O–H groups in total. The lowest BCUT2D eigenvalue weighted by atomic mass is 10.1. The minimum absolute atomic E-state index is 0.107. The van der Waals surface area contributed by atoms with Gasteiger partial charge in [-0.2, -0.15) is 5.10 Å². The molecule has 0 fully saturated rings. The van der Waals surface area contributed by atoms with Crippen LogP contribution < -0.4 is 5.32 Å². The number of hydrogen-bond donors (Lipinski definition) is 3. The molecule has 1 aromatic heterocycles. The molecule has 0 saturated carbocycles. The Morgan fingerprint density at radius 2 is 2.06 bits per heavy atom. The predicted molar refractivity (Wildman–Crippen MR) is 58.7 cm³/mol. The van der Waals surface area contributed by atoms with Gasteiger partial charge in [0.15, 0.2) is 0 Å². The van der Waals surface area contributed by atoms with E-state index >= 15 is 0 Å². The molecule has 1 heterocycles. The Labute approximate surface area is 102 Å². The van der Waals surface area contributed by atoms with Gasteiger partial charge in [0.2, 0.25) is 5.91 Å². The molecule has 0 unspecified atom stereocenters. The number of nitrogens with zero attached hydrogens (tertiary/aromatic N) is 2. The third kappa shape index (κ3) is 4.64. The summed E-state index contributed by atoms with van der Waals surface area (Å²) in [7, 11) is 0. The van der Waals surface area contributed by atoms with Crippen LogP contribution in [0.1, 0.15) is 12.8 Å². The van der Waals surface area contributed by atoms with E-state index in [0.717, 1.165) is 0 Å². The summed E-state index contributed by atoms with van der Waals surface area (Å²) in [5.41, 5.74) is 0. The summed E-state index contributed by atoms with van der Waals surface area (Å²) in [6, 6.07) is 0.427. The van der Waals surface area contributed by atoms with Crippen LogP contribution in [0.25, 0.3) is 0 Å². The van der Waals surface area contributed by atoms with Crippen LogP contribution in [-0.2, 0) is 20.9 Å². The molecule has 0 aliphatic heterocycles. The molecule has 0 aromatic carbocycles. The van der Waals surface area contributed by atoms with Crippen LogP contribution in [0.5, 0.6) is 0 Å². The summed E-state index contributed by atoms with van der Waals surface area (Å²) in [5, 5.41) is 23.3. The van der Waals surface area contributed by atoms with Gasteiger partial charge in [-0.05, 0) is 12.5 Å². The summed E-state index contributed by atoms with van der Waals surface area (Å²) < 4.78 is 1.34. The number of amides is 1. The van der Waals surface area contributed by atoms with E-state index in [-0.39, 0.29) is 19.4 Å². The molecule has 0 radical (unpaired) electrons. The maximum Gasteiger partial charge on any atom is 0.326 e. The quantitative estimate of drug-likeness (QED) is 0.593. The number of hydrogen-bond acceptors (Lipinski definition) is 4. The summed E-state index contributed by atoms with van der Waals surface area (Å²) in [5.74, 6) is -2.90. The molecule has 8 heteroatoms. The van der Waals surface area contributed by atoms with Crippen molar-refractivity contribution >= 4 is 17.8 Å². The zero-order valence-corrected chi connectivity index (χ0v) is 9.44. The number of carboxylic acid groups (broad SMARTS) is 2. The first-order valence-electron chi connectivity index (χ1n) is 5.20. The largest absolute Gasteiger partial charge is 0.481 e. The van der Waals surface area contributed by atoms with E-state index in [1.54, 1.807) is 12.3 Å². The Bertz CT molecular complexity index is 429. The molecule has 0 bridgehead atoms. The molecule has 0 aliphatic carbocycles. The molecule has 1 aromatic rings. The lowest BCUT2D eigenvalue weighted by Crippen LogP contribution is -2.42. The summed E-state index contributed by atoms with van der Waals surface area (Å²) >= 11 is 0. The molecule has 18 heavy (non-hydrogen) atoms. The average Bonchev–Trinajstić information content (AvgIpc) is 2.76. The van der Waals surface area contributed by atoms with Crippen molar-refractivity contribution in [3.8, 4) is 0 Å². The second-order valence-corrected chi connectivity index (χ2v) is 3.59. The second kappa shape index (κ2) is 6.38. The zero-order valence-electron chi connectivity index (χ0n) is 9.44. The molecule has 1 rings (SSSR count). The van der Waals surface area contributed by atoms with Gasteiger partial charge >= 0.3 is 11.9 Å². The highest BCUT2D eigenvalue weighted by atomic mass is 16.4. The number of aliphatic carboxylic acids is 2. The minimum atomic E-state index is -1.26. The topological polar surface area (TPSA) is 122 Å². The number of nitrogens with one attached hydrogen (secondary N) is 1. The predicted octanol–water partition coefficient (Wildman–Crippen LogP) is -0.683. The Balaban J connectivity index is 2.47. The average molecular weight is 255 g/mol. The van der Waals surface area contributed by atoms with Crippen molar-refractivity contribution in [2.75, 3.05) is 0 Å². The molecule has 98 valence electrons. The molecule has 0 aliphatic rings. The standard InChI is InChI=1S/C10H13N3O5/c14-8(6-13-5-1-4-11-13)12-7(10(17)18)2-3-9(15)16/h1,4-5,7H,2-3,6H2,(H,12,14)(H,15,16)(H,17,18)/t7-/m0/s1.